The van der Waals surface area contributed by atoms with Crippen molar-refractivity contribution in [2.75, 3.05) is 5.43 Å². The first-order valence-corrected chi connectivity index (χ1v) is 9.80. The number of nitrogens with one attached hydrogen (secondary N) is 1. The first-order chi connectivity index (χ1) is 12.6. The molecule has 0 bridgehead atoms. The number of pyridine rings is 1. The highest BCUT2D eigenvalue weighted by molar-refractivity contribution is 7.89. The molecule has 0 aliphatic rings. The molecule has 0 spiro atoms. The SMILES string of the molecule is CC(C)N(C(C)C)S(=O)(=O)c1ccc(N/N=C\c2ccc(F)c(F)c2)nc1. The second-order valence-electron chi connectivity index (χ2n) is 6.45. The predicted octanol–water partition coefficient (Wildman–Crippen LogP) is 3.61. The van der Waals surface area contributed by atoms with Gasteiger partial charge in [-0.15, -0.1) is 0 Å². The summed E-state index contributed by atoms with van der Waals surface area (Å²) >= 11 is 0. The third-order valence-corrected chi connectivity index (χ3v) is 5.90. The van der Waals surface area contributed by atoms with E-state index in [0.29, 0.717) is 11.4 Å². The number of hydrazone groups is 1. The molecular weight excluding hydrogens is 374 g/mol. The molecule has 9 heteroatoms. The highest BCUT2D eigenvalue weighted by atomic mass is 32.2. The number of hydrogen-bond donors (Lipinski definition) is 1. The lowest BCUT2D eigenvalue weighted by atomic mass is 10.2. The van der Waals surface area contributed by atoms with E-state index in [0.717, 1.165) is 12.1 Å². The summed E-state index contributed by atoms with van der Waals surface area (Å²) in [6.45, 7) is 7.25. The van der Waals surface area contributed by atoms with Crippen LogP contribution in [-0.2, 0) is 10.0 Å². The minimum atomic E-state index is -3.66. The van der Waals surface area contributed by atoms with Crippen molar-refractivity contribution in [1.82, 2.24) is 9.29 Å². The van der Waals surface area contributed by atoms with Crippen molar-refractivity contribution >= 4 is 22.1 Å². The van der Waals surface area contributed by atoms with Crippen molar-refractivity contribution in [3.63, 3.8) is 0 Å². The Kier molecular flexibility index (Phi) is 6.61. The predicted molar refractivity (Wildman–Crippen MR) is 101 cm³/mol. The van der Waals surface area contributed by atoms with E-state index in [-0.39, 0.29) is 17.0 Å². The molecule has 0 saturated carbocycles. The Morgan fingerprint density at radius 1 is 1.07 bits per heavy atom. The van der Waals surface area contributed by atoms with E-state index >= 15 is 0 Å². The maximum absolute atomic E-state index is 13.1. The Hall–Kier alpha value is -2.39. The summed E-state index contributed by atoms with van der Waals surface area (Å²) in [5.41, 5.74) is 2.98. The molecule has 0 aliphatic heterocycles. The van der Waals surface area contributed by atoms with E-state index in [1.54, 1.807) is 0 Å². The van der Waals surface area contributed by atoms with Crippen molar-refractivity contribution in [3.05, 3.63) is 53.7 Å². The molecule has 0 amide bonds. The first kappa shape index (κ1) is 20.9. The maximum Gasteiger partial charge on any atom is 0.245 e. The molecule has 27 heavy (non-hydrogen) atoms. The summed E-state index contributed by atoms with van der Waals surface area (Å²) in [7, 11) is -3.66. The fourth-order valence-electron chi connectivity index (χ4n) is 2.64. The summed E-state index contributed by atoms with van der Waals surface area (Å²) in [6.07, 6.45) is 2.55. The number of halogens is 2. The Balaban J connectivity index is 2.12. The van der Waals surface area contributed by atoms with Gasteiger partial charge in [-0.3, -0.25) is 5.43 Å². The smallest absolute Gasteiger partial charge is 0.245 e. The summed E-state index contributed by atoms with van der Waals surface area (Å²) in [5, 5.41) is 3.88. The van der Waals surface area contributed by atoms with Crippen LogP contribution in [0.15, 0.2) is 46.5 Å². The minimum Gasteiger partial charge on any atom is -0.261 e. The maximum atomic E-state index is 13.1. The van der Waals surface area contributed by atoms with Crippen LogP contribution in [0.25, 0.3) is 0 Å². The lowest BCUT2D eigenvalue weighted by Gasteiger charge is -2.29. The Morgan fingerprint density at radius 2 is 1.74 bits per heavy atom. The average molecular weight is 396 g/mol. The summed E-state index contributed by atoms with van der Waals surface area (Å²) in [4.78, 5) is 4.13. The van der Waals surface area contributed by atoms with Gasteiger partial charge in [-0.1, -0.05) is 6.07 Å². The van der Waals surface area contributed by atoms with E-state index in [2.05, 4.69) is 15.5 Å². The number of benzene rings is 1. The molecule has 0 fully saturated rings. The van der Waals surface area contributed by atoms with Gasteiger partial charge >= 0.3 is 0 Å². The number of anilines is 1. The molecule has 1 heterocycles. The van der Waals surface area contributed by atoms with Gasteiger partial charge in [-0.2, -0.15) is 9.41 Å². The molecule has 2 aromatic rings. The van der Waals surface area contributed by atoms with Gasteiger partial charge in [0.25, 0.3) is 0 Å². The van der Waals surface area contributed by atoms with Gasteiger partial charge in [0.15, 0.2) is 11.6 Å². The monoisotopic (exact) mass is 396 g/mol. The Labute approximate surface area is 158 Å². The third-order valence-electron chi connectivity index (χ3n) is 3.67. The molecule has 1 aromatic carbocycles. The number of rotatable bonds is 7. The summed E-state index contributed by atoms with van der Waals surface area (Å²) in [6, 6.07) is 5.94. The molecule has 0 unspecified atom stereocenters. The highest BCUT2D eigenvalue weighted by Gasteiger charge is 2.29. The van der Waals surface area contributed by atoms with Crippen molar-refractivity contribution in [2.45, 2.75) is 44.7 Å². The molecule has 1 aromatic heterocycles. The van der Waals surface area contributed by atoms with Gasteiger partial charge in [0.05, 0.1) is 6.21 Å². The fraction of sp³-hybridized carbons (Fsp3) is 0.333. The van der Waals surface area contributed by atoms with Crippen LogP contribution >= 0.6 is 0 Å². The van der Waals surface area contributed by atoms with Gasteiger partial charge in [-0.25, -0.2) is 22.2 Å². The van der Waals surface area contributed by atoms with Crippen LogP contribution in [0.5, 0.6) is 0 Å². The van der Waals surface area contributed by atoms with Crippen LogP contribution in [0.4, 0.5) is 14.6 Å². The Morgan fingerprint density at radius 3 is 2.26 bits per heavy atom. The molecule has 1 N–H and O–H groups in total. The fourth-order valence-corrected chi connectivity index (χ4v) is 4.42. The average Bonchev–Trinajstić information content (AvgIpc) is 2.57. The van der Waals surface area contributed by atoms with Gasteiger partial charge in [0.1, 0.15) is 10.7 Å². The van der Waals surface area contributed by atoms with Gasteiger partial charge in [0.2, 0.25) is 10.0 Å². The van der Waals surface area contributed by atoms with Crippen LogP contribution < -0.4 is 5.43 Å². The number of hydrogen-bond acceptors (Lipinski definition) is 5. The van der Waals surface area contributed by atoms with E-state index in [1.807, 2.05) is 27.7 Å². The number of aromatic nitrogens is 1. The van der Waals surface area contributed by atoms with E-state index in [1.165, 1.54) is 34.9 Å². The van der Waals surface area contributed by atoms with E-state index in [4.69, 9.17) is 0 Å². The minimum absolute atomic E-state index is 0.0834. The summed E-state index contributed by atoms with van der Waals surface area (Å²) < 4.78 is 52.9. The zero-order valence-electron chi connectivity index (χ0n) is 15.5. The summed E-state index contributed by atoms with van der Waals surface area (Å²) in [5.74, 6) is -1.59. The largest absolute Gasteiger partial charge is 0.261 e. The van der Waals surface area contributed by atoms with Crippen molar-refractivity contribution in [2.24, 2.45) is 5.10 Å². The second-order valence-corrected chi connectivity index (χ2v) is 8.29. The van der Waals surface area contributed by atoms with Crippen LogP contribution in [0.2, 0.25) is 0 Å². The van der Waals surface area contributed by atoms with Crippen molar-refractivity contribution in [1.29, 1.82) is 0 Å². The van der Waals surface area contributed by atoms with Crippen LogP contribution in [-0.4, -0.2) is 36.0 Å². The quantitative estimate of drug-likeness (QED) is 0.573. The van der Waals surface area contributed by atoms with Gasteiger partial charge in [-0.05, 0) is 57.5 Å². The normalized spacial score (nSPS) is 12.5. The van der Waals surface area contributed by atoms with E-state index in [9.17, 15) is 17.2 Å². The second kappa shape index (κ2) is 8.53. The van der Waals surface area contributed by atoms with Crippen LogP contribution in [0, 0.1) is 11.6 Å². The topological polar surface area (TPSA) is 74.7 Å². The Bertz CT molecular complexity index is 905. The van der Waals surface area contributed by atoms with Gasteiger partial charge in [0, 0.05) is 18.3 Å². The molecule has 6 nitrogen and oxygen atoms in total. The molecule has 0 aliphatic carbocycles. The third kappa shape index (κ3) is 5.08. The van der Waals surface area contributed by atoms with Crippen molar-refractivity contribution in [3.8, 4) is 0 Å². The van der Waals surface area contributed by atoms with Crippen LogP contribution in [0.3, 0.4) is 0 Å². The molecule has 0 radical (unpaired) electrons. The number of sulfonamides is 1. The molecule has 0 atom stereocenters. The lowest BCUT2D eigenvalue weighted by Crippen LogP contribution is -2.41. The molecule has 2 rings (SSSR count). The standard InChI is InChI=1S/C18H22F2N4O2S/c1-12(2)24(13(3)4)27(25,26)15-6-8-18(21-11-15)23-22-10-14-5-7-16(19)17(20)9-14/h5-13H,1-4H3,(H,21,23)/b22-10-. The van der Waals surface area contributed by atoms with Crippen LogP contribution in [0.1, 0.15) is 33.3 Å². The molecule has 0 saturated heterocycles. The molecule has 146 valence electrons. The number of nitrogens with zero attached hydrogens (tertiary/aromatic N) is 3. The zero-order chi connectivity index (χ0) is 20.2. The first-order valence-electron chi connectivity index (χ1n) is 8.36. The lowest BCUT2D eigenvalue weighted by molar-refractivity contribution is 0.302. The van der Waals surface area contributed by atoms with Gasteiger partial charge < -0.3 is 0 Å². The highest BCUT2D eigenvalue weighted by Crippen LogP contribution is 2.21. The van der Waals surface area contributed by atoms with Crippen molar-refractivity contribution < 1.29 is 17.2 Å². The zero-order valence-corrected chi connectivity index (χ0v) is 16.3. The molecular formula is C18H22F2N4O2S. The van der Waals surface area contributed by atoms with E-state index < -0.39 is 21.7 Å².